The van der Waals surface area contributed by atoms with E-state index in [9.17, 15) is 8.42 Å². The van der Waals surface area contributed by atoms with Crippen molar-refractivity contribution in [3.8, 4) is 0 Å². The Balaban J connectivity index is 2.47. The van der Waals surface area contributed by atoms with Gasteiger partial charge in [0.15, 0.2) is 0 Å². The molecule has 4 nitrogen and oxygen atoms in total. The molecule has 1 heterocycles. The van der Waals surface area contributed by atoms with E-state index in [1.807, 2.05) is 0 Å². The zero-order chi connectivity index (χ0) is 11.3. The molecule has 1 aromatic heterocycles. The summed E-state index contributed by atoms with van der Waals surface area (Å²) in [6, 6.07) is 1.62. The molecule has 0 spiro atoms. The highest BCUT2D eigenvalue weighted by Gasteiger charge is 2.10. The number of rotatable bonds is 6. The van der Waals surface area contributed by atoms with Crippen LogP contribution in [0.3, 0.4) is 0 Å². The fraction of sp³-hybridized carbons (Fsp3) is 0.556. The lowest BCUT2D eigenvalue weighted by molar-refractivity contribution is 0.283. The van der Waals surface area contributed by atoms with E-state index in [-0.39, 0.29) is 11.5 Å². The second kappa shape index (κ2) is 5.60. The van der Waals surface area contributed by atoms with Crippen LogP contribution in [0.5, 0.6) is 0 Å². The van der Waals surface area contributed by atoms with E-state index in [1.54, 1.807) is 11.4 Å². The zero-order valence-electron chi connectivity index (χ0n) is 8.35. The van der Waals surface area contributed by atoms with Crippen LogP contribution in [0.4, 0.5) is 0 Å². The summed E-state index contributed by atoms with van der Waals surface area (Å²) in [5.41, 5.74) is 0. The summed E-state index contributed by atoms with van der Waals surface area (Å²) in [6.45, 7) is 0.215. The van der Waals surface area contributed by atoms with Crippen molar-refractivity contribution in [3.63, 3.8) is 0 Å². The molecule has 0 fully saturated rings. The van der Waals surface area contributed by atoms with Crippen molar-refractivity contribution in [2.45, 2.75) is 30.6 Å². The van der Waals surface area contributed by atoms with Crippen LogP contribution in [-0.4, -0.2) is 20.1 Å². The Morgan fingerprint density at radius 1 is 1.33 bits per heavy atom. The maximum atomic E-state index is 11.0. The average molecular weight is 249 g/mol. The molecule has 0 saturated carbocycles. The summed E-state index contributed by atoms with van der Waals surface area (Å²) in [5, 5.41) is 15.1. The third-order valence-electron chi connectivity index (χ3n) is 2.04. The van der Waals surface area contributed by atoms with Gasteiger partial charge in [-0.3, -0.25) is 0 Å². The van der Waals surface area contributed by atoms with E-state index in [4.69, 9.17) is 10.2 Å². The van der Waals surface area contributed by atoms with Gasteiger partial charge < -0.3 is 5.11 Å². The number of nitrogens with two attached hydrogens (primary N) is 1. The molecule has 0 atom stereocenters. The van der Waals surface area contributed by atoms with Crippen molar-refractivity contribution >= 4 is 21.4 Å². The third-order valence-corrected chi connectivity index (χ3v) is 4.08. The highest BCUT2D eigenvalue weighted by atomic mass is 32.2. The number of hydrogen-bond donors (Lipinski definition) is 2. The maximum absolute atomic E-state index is 11.0. The van der Waals surface area contributed by atoms with E-state index in [0.717, 1.165) is 30.6 Å². The van der Waals surface area contributed by atoms with Crippen molar-refractivity contribution in [1.29, 1.82) is 0 Å². The molecule has 0 aliphatic carbocycles. The summed E-state index contributed by atoms with van der Waals surface area (Å²) in [6.07, 6.45) is 3.57. The molecule has 1 rings (SSSR count). The zero-order valence-corrected chi connectivity index (χ0v) is 9.98. The largest absolute Gasteiger partial charge is 0.396 e. The number of thiophene rings is 1. The number of unbranched alkanes of at least 4 members (excludes halogenated alkanes) is 2. The van der Waals surface area contributed by atoms with Crippen molar-refractivity contribution in [1.82, 2.24) is 0 Å². The molecule has 0 aromatic carbocycles. The smallest absolute Gasteiger partial charge is 0.238 e. The number of aliphatic hydroxyl groups excluding tert-OH is 1. The minimum absolute atomic E-state index is 0.199. The number of hydrogen-bond acceptors (Lipinski definition) is 4. The molecule has 3 N–H and O–H groups in total. The average Bonchev–Trinajstić information content (AvgIpc) is 2.60. The topological polar surface area (TPSA) is 80.4 Å². The lowest BCUT2D eigenvalue weighted by atomic mass is 10.2. The Morgan fingerprint density at radius 2 is 2.07 bits per heavy atom. The molecule has 0 saturated heterocycles. The molecule has 1 aromatic rings. The second-order valence-corrected chi connectivity index (χ2v) is 5.89. The van der Waals surface area contributed by atoms with Crippen molar-refractivity contribution in [3.05, 3.63) is 16.3 Å². The summed E-state index contributed by atoms with van der Waals surface area (Å²) < 4.78 is 21.9. The highest BCUT2D eigenvalue weighted by Crippen LogP contribution is 2.20. The molecule has 0 bridgehead atoms. The van der Waals surface area contributed by atoms with Gasteiger partial charge >= 0.3 is 0 Å². The van der Waals surface area contributed by atoms with Gasteiger partial charge in [0.05, 0.1) is 4.90 Å². The van der Waals surface area contributed by atoms with Gasteiger partial charge in [-0.2, -0.15) is 0 Å². The molecule has 0 unspecified atom stereocenters. The van der Waals surface area contributed by atoms with Crippen LogP contribution in [0.2, 0.25) is 0 Å². The number of primary sulfonamides is 1. The van der Waals surface area contributed by atoms with Crippen LogP contribution in [-0.2, 0) is 16.4 Å². The van der Waals surface area contributed by atoms with Gasteiger partial charge in [-0.25, -0.2) is 13.6 Å². The van der Waals surface area contributed by atoms with Crippen molar-refractivity contribution < 1.29 is 13.5 Å². The predicted molar refractivity (Wildman–Crippen MR) is 60.3 cm³/mol. The number of sulfonamides is 1. The normalized spacial score (nSPS) is 11.9. The van der Waals surface area contributed by atoms with E-state index in [2.05, 4.69) is 0 Å². The predicted octanol–water partition coefficient (Wildman–Crippen LogP) is 1.10. The quantitative estimate of drug-likeness (QED) is 0.741. The Labute approximate surface area is 93.8 Å². The second-order valence-electron chi connectivity index (χ2n) is 3.33. The molecule has 0 radical (unpaired) electrons. The maximum Gasteiger partial charge on any atom is 0.238 e. The molecular weight excluding hydrogens is 234 g/mol. The SMILES string of the molecule is NS(=O)(=O)c1csc(CCCCCO)c1. The first-order valence-corrected chi connectivity index (χ1v) is 7.17. The first-order chi connectivity index (χ1) is 7.04. The molecule has 6 heteroatoms. The molecular formula is C9H15NO3S2. The van der Waals surface area contributed by atoms with Crippen LogP contribution >= 0.6 is 11.3 Å². The van der Waals surface area contributed by atoms with E-state index in [1.165, 1.54) is 11.3 Å². The standard InChI is InChI=1S/C9H15NO3S2/c10-15(12,13)9-6-8(14-7-9)4-2-1-3-5-11/h6-7,11H,1-5H2,(H2,10,12,13). The Bertz CT molecular complexity index is 397. The van der Waals surface area contributed by atoms with Gasteiger partial charge in [-0.1, -0.05) is 6.42 Å². The van der Waals surface area contributed by atoms with Gasteiger partial charge in [-0.15, -0.1) is 11.3 Å². The fourth-order valence-corrected chi connectivity index (χ4v) is 3.08. The minimum atomic E-state index is -3.55. The summed E-state index contributed by atoms with van der Waals surface area (Å²) in [4.78, 5) is 1.22. The Morgan fingerprint density at radius 3 is 2.60 bits per heavy atom. The highest BCUT2D eigenvalue weighted by molar-refractivity contribution is 7.89. The van der Waals surface area contributed by atoms with Crippen molar-refractivity contribution in [2.24, 2.45) is 5.14 Å². The molecule has 0 amide bonds. The Kier molecular flexibility index (Phi) is 4.72. The fourth-order valence-electron chi connectivity index (χ4n) is 1.23. The van der Waals surface area contributed by atoms with Crippen LogP contribution in [0.15, 0.2) is 16.3 Å². The van der Waals surface area contributed by atoms with E-state index < -0.39 is 10.0 Å². The first-order valence-electron chi connectivity index (χ1n) is 4.75. The van der Waals surface area contributed by atoms with Crippen LogP contribution < -0.4 is 5.14 Å². The summed E-state index contributed by atoms with van der Waals surface area (Å²) >= 11 is 1.41. The number of aliphatic hydroxyl groups is 1. The van der Waals surface area contributed by atoms with Gasteiger partial charge in [0.25, 0.3) is 0 Å². The lowest BCUT2D eigenvalue weighted by Gasteiger charge is -1.96. The minimum Gasteiger partial charge on any atom is -0.396 e. The summed E-state index contributed by atoms with van der Waals surface area (Å²) in [5.74, 6) is 0. The van der Waals surface area contributed by atoms with Gasteiger partial charge in [0, 0.05) is 16.9 Å². The van der Waals surface area contributed by atoms with E-state index >= 15 is 0 Å². The molecule has 86 valence electrons. The number of aryl methyl sites for hydroxylation is 1. The third kappa shape index (κ3) is 4.29. The van der Waals surface area contributed by atoms with E-state index in [0.29, 0.717) is 0 Å². The Hall–Kier alpha value is -0.430. The molecule has 0 aliphatic rings. The molecule has 0 aliphatic heterocycles. The van der Waals surface area contributed by atoms with Crippen LogP contribution in [0.1, 0.15) is 24.1 Å². The summed E-state index contributed by atoms with van der Waals surface area (Å²) in [7, 11) is -3.55. The monoisotopic (exact) mass is 249 g/mol. The van der Waals surface area contributed by atoms with Crippen molar-refractivity contribution in [2.75, 3.05) is 6.61 Å². The lowest BCUT2D eigenvalue weighted by Crippen LogP contribution is -2.10. The van der Waals surface area contributed by atoms with Gasteiger partial charge in [-0.05, 0) is 25.3 Å². The van der Waals surface area contributed by atoms with Crippen LogP contribution in [0.25, 0.3) is 0 Å². The van der Waals surface area contributed by atoms with Gasteiger partial charge in [0.1, 0.15) is 0 Å². The van der Waals surface area contributed by atoms with Crippen LogP contribution in [0, 0.1) is 0 Å². The van der Waals surface area contributed by atoms with Gasteiger partial charge in [0.2, 0.25) is 10.0 Å². The molecule has 15 heavy (non-hydrogen) atoms. The first kappa shape index (κ1) is 12.6.